The van der Waals surface area contributed by atoms with E-state index in [4.69, 9.17) is 0 Å². The molecule has 0 atom stereocenters. The van der Waals surface area contributed by atoms with Crippen LogP contribution >= 0.6 is 0 Å². The first-order valence-electron chi connectivity index (χ1n) is 6.10. The Labute approximate surface area is 120 Å². The van der Waals surface area contributed by atoms with Gasteiger partial charge < -0.3 is 4.90 Å². The Morgan fingerprint density at radius 1 is 1.19 bits per heavy atom. The fourth-order valence-electron chi connectivity index (χ4n) is 1.86. The summed E-state index contributed by atoms with van der Waals surface area (Å²) in [6.45, 7) is 0. The van der Waals surface area contributed by atoms with Crippen molar-refractivity contribution in [1.82, 2.24) is 0 Å². The van der Waals surface area contributed by atoms with Crippen molar-refractivity contribution in [3.8, 4) is 0 Å². The van der Waals surface area contributed by atoms with Crippen LogP contribution in [0.4, 0.5) is 11.4 Å². The van der Waals surface area contributed by atoms with Crippen LogP contribution in [0.15, 0.2) is 48.6 Å². The number of allylic oxidation sites excluding steroid dienone is 1. The Hall–Kier alpha value is -3.02. The molecule has 1 aliphatic rings. The molecule has 0 fully saturated rings. The Bertz CT molecular complexity index is 658. The number of rotatable bonds is 4. The number of hydrogen-bond acceptors (Lipinski definition) is 4. The second-order valence-corrected chi connectivity index (χ2v) is 4.26. The highest BCUT2D eigenvalue weighted by atomic mass is 16.2. The van der Waals surface area contributed by atoms with Gasteiger partial charge in [-0.25, -0.2) is 4.90 Å². The number of imide groups is 1. The number of carbonyl (C=O) groups is 4. The molecule has 0 spiro atoms. The second kappa shape index (κ2) is 5.96. The predicted octanol–water partition coefficient (Wildman–Crippen LogP) is 0.834. The summed E-state index contributed by atoms with van der Waals surface area (Å²) in [5, 5.41) is 0. The van der Waals surface area contributed by atoms with E-state index in [0.717, 1.165) is 17.1 Å². The summed E-state index contributed by atoms with van der Waals surface area (Å²) in [5.74, 6) is -1.24. The maximum absolute atomic E-state index is 11.8. The summed E-state index contributed by atoms with van der Waals surface area (Å²) in [7, 11) is 1.53. The predicted molar refractivity (Wildman–Crippen MR) is 76.7 cm³/mol. The fraction of sp³-hybridized carbons (Fsp3) is 0.0667. The minimum absolute atomic E-state index is 0.381. The zero-order chi connectivity index (χ0) is 15.4. The molecular weight excluding hydrogens is 272 g/mol. The number of aldehydes is 1. The van der Waals surface area contributed by atoms with Crippen LogP contribution in [-0.2, 0) is 19.2 Å². The van der Waals surface area contributed by atoms with Crippen molar-refractivity contribution < 1.29 is 19.2 Å². The summed E-state index contributed by atoms with van der Waals surface area (Å²) in [6.07, 6.45) is 5.12. The summed E-state index contributed by atoms with van der Waals surface area (Å²) < 4.78 is 0. The molecule has 1 aromatic carbocycles. The normalized spacial score (nSPS) is 14.0. The fourth-order valence-corrected chi connectivity index (χ4v) is 1.86. The SMILES string of the molecule is CN(C(=O)/C=C\C=O)c1cccc(N2C(=O)C=CC2=O)c1. The summed E-state index contributed by atoms with van der Waals surface area (Å²) >= 11 is 0. The third-order valence-electron chi connectivity index (χ3n) is 2.93. The number of benzene rings is 1. The molecule has 0 aliphatic carbocycles. The van der Waals surface area contributed by atoms with E-state index in [1.807, 2.05) is 0 Å². The Morgan fingerprint density at radius 3 is 2.48 bits per heavy atom. The lowest BCUT2D eigenvalue weighted by atomic mass is 10.2. The van der Waals surface area contributed by atoms with E-state index in [2.05, 4.69) is 0 Å². The topological polar surface area (TPSA) is 74.8 Å². The van der Waals surface area contributed by atoms with Crippen LogP contribution in [0.25, 0.3) is 0 Å². The van der Waals surface area contributed by atoms with Gasteiger partial charge in [-0.05, 0) is 24.3 Å². The van der Waals surface area contributed by atoms with Gasteiger partial charge in [0.05, 0.1) is 5.69 Å². The van der Waals surface area contributed by atoms with E-state index >= 15 is 0 Å². The number of hydrogen-bond donors (Lipinski definition) is 0. The Morgan fingerprint density at radius 2 is 1.86 bits per heavy atom. The summed E-state index contributed by atoms with van der Waals surface area (Å²) in [4.78, 5) is 47.6. The van der Waals surface area contributed by atoms with Crippen LogP contribution in [0, 0.1) is 0 Å². The van der Waals surface area contributed by atoms with E-state index in [1.54, 1.807) is 24.3 Å². The first-order valence-corrected chi connectivity index (χ1v) is 6.10. The molecule has 0 unspecified atom stereocenters. The van der Waals surface area contributed by atoms with Crippen molar-refractivity contribution in [3.05, 3.63) is 48.6 Å². The van der Waals surface area contributed by atoms with E-state index in [1.165, 1.54) is 24.1 Å². The second-order valence-electron chi connectivity index (χ2n) is 4.26. The minimum Gasteiger partial charge on any atom is -0.312 e. The highest BCUT2D eigenvalue weighted by molar-refractivity contribution is 6.28. The van der Waals surface area contributed by atoms with Crippen LogP contribution in [0.1, 0.15) is 0 Å². The summed E-state index contributed by atoms with van der Waals surface area (Å²) in [6, 6.07) is 6.45. The van der Waals surface area contributed by atoms with Gasteiger partial charge >= 0.3 is 0 Å². The van der Waals surface area contributed by atoms with Gasteiger partial charge in [-0.3, -0.25) is 19.2 Å². The number of anilines is 2. The molecule has 1 aromatic rings. The van der Waals surface area contributed by atoms with E-state index in [0.29, 0.717) is 17.7 Å². The lowest BCUT2D eigenvalue weighted by molar-refractivity contribution is -0.120. The average molecular weight is 284 g/mol. The van der Waals surface area contributed by atoms with Gasteiger partial charge in [-0.2, -0.15) is 0 Å². The molecule has 1 aliphatic heterocycles. The summed E-state index contributed by atoms with van der Waals surface area (Å²) in [5.41, 5.74) is 0.882. The molecule has 0 N–H and O–H groups in total. The third-order valence-corrected chi connectivity index (χ3v) is 2.93. The van der Waals surface area contributed by atoms with Gasteiger partial charge in [0.2, 0.25) is 0 Å². The zero-order valence-electron chi connectivity index (χ0n) is 11.2. The van der Waals surface area contributed by atoms with Crippen LogP contribution in [0.2, 0.25) is 0 Å². The van der Waals surface area contributed by atoms with E-state index in [-0.39, 0.29) is 0 Å². The lowest BCUT2D eigenvalue weighted by Crippen LogP contribution is -2.30. The standard InChI is InChI=1S/C15H12N2O4/c1-16(13(19)6-3-9-18)11-4-2-5-12(10-11)17-14(20)7-8-15(17)21/h2-10H,1H3/b6-3-. The highest BCUT2D eigenvalue weighted by Crippen LogP contribution is 2.24. The van der Waals surface area contributed by atoms with E-state index < -0.39 is 17.7 Å². The first kappa shape index (κ1) is 14.4. The number of carbonyl (C=O) groups excluding carboxylic acids is 4. The maximum atomic E-state index is 11.8. The first-order chi connectivity index (χ1) is 10.0. The van der Waals surface area contributed by atoms with Crippen LogP contribution in [0.5, 0.6) is 0 Å². The molecule has 1 heterocycles. The van der Waals surface area contributed by atoms with Gasteiger partial charge in [0, 0.05) is 31.0 Å². The van der Waals surface area contributed by atoms with Crippen molar-refractivity contribution in [2.24, 2.45) is 0 Å². The van der Waals surface area contributed by atoms with Crippen molar-refractivity contribution in [1.29, 1.82) is 0 Å². The van der Waals surface area contributed by atoms with Crippen LogP contribution < -0.4 is 9.80 Å². The van der Waals surface area contributed by atoms with Gasteiger partial charge in [0.15, 0.2) is 0 Å². The molecule has 6 heteroatoms. The van der Waals surface area contributed by atoms with Gasteiger partial charge in [-0.1, -0.05) is 6.07 Å². The van der Waals surface area contributed by atoms with Gasteiger partial charge in [0.25, 0.3) is 17.7 Å². The maximum Gasteiger partial charge on any atom is 0.258 e. The molecule has 0 aromatic heterocycles. The van der Waals surface area contributed by atoms with E-state index in [9.17, 15) is 19.2 Å². The van der Waals surface area contributed by atoms with Crippen molar-refractivity contribution in [2.45, 2.75) is 0 Å². The number of amides is 3. The van der Waals surface area contributed by atoms with Crippen molar-refractivity contribution >= 4 is 35.4 Å². The molecule has 106 valence electrons. The Balaban J connectivity index is 2.28. The molecule has 0 radical (unpaired) electrons. The van der Waals surface area contributed by atoms with Crippen molar-refractivity contribution in [3.63, 3.8) is 0 Å². The lowest BCUT2D eigenvalue weighted by Gasteiger charge is -2.19. The minimum atomic E-state index is -0.424. The van der Waals surface area contributed by atoms with Gasteiger partial charge in [0.1, 0.15) is 6.29 Å². The molecule has 0 saturated carbocycles. The van der Waals surface area contributed by atoms with Crippen molar-refractivity contribution in [2.75, 3.05) is 16.8 Å². The zero-order valence-corrected chi connectivity index (χ0v) is 11.2. The highest BCUT2D eigenvalue weighted by Gasteiger charge is 2.25. The average Bonchev–Trinajstić information content (AvgIpc) is 2.83. The molecular formula is C15H12N2O4. The molecule has 3 amide bonds. The van der Waals surface area contributed by atoms with Gasteiger partial charge in [-0.15, -0.1) is 0 Å². The quantitative estimate of drug-likeness (QED) is 0.466. The molecule has 0 bridgehead atoms. The monoisotopic (exact) mass is 284 g/mol. The molecule has 0 saturated heterocycles. The van der Waals surface area contributed by atoms with Crippen LogP contribution in [0.3, 0.4) is 0 Å². The molecule has 21 heavy (non-hydrogen) atoms. The Kier molecular flexibility index (Phi) is 4.08. The van der Waals surface area contributed by atoms with Crippen LogP contribution in [-0.4, -0.2) is 31.1 Å². The number of nitrogens with zero attached hydrogens (tertiary/aromatic N) is 2. The number of likely N-dealkylation sites (N-methyl/N-ethyl adjacent to an activating group) is 1. The molecule has 6 nitrogen and oxygen atoms in total. The largest absolute Gasteiger partial charge is 0.312 e. The smallest absolute Gasteiger partial charge is 0.258 e. The molecule has 2 rings (SSSR count). The third kappa shape index (κ3) is 2.94.